The molecule has 0 aliphatic heterocycles. The van der Waals surface area contributed by atoms with Crippen molar-refractivity contribution in [3.63, 3.8) is 0 Å². The minimum Gasteiger partial charge on any atom is -0.469 e. The molecular formula is C14H16BrNO3. The third-order valence-corrected chi connectivity index (χ3v) is 4.01. The van der Waals surface area contributed by atoms with Crippen LogP contribution in [0.2, 0.25) is 0 Å². The van der Waals surface area contributed by atoms with Crippen LogP contribution in [0.5, 0.6) is 0 Å². The molecule has 0 radical (unpaired) electrons. The summed E-state index contributed by atoms with van der Waals surface area (Å²) in [7, 11) is 1.34. The summed E-state index contributed by atoms with van der Waals surface area (Å²) >= 11 is 3.50. The van der Waals surface area contributed by atoms with Crippen molar-refractivity contribution in [1.29, 1.82) is 0 Å². The van der Waals surface area contributed by atoms with E-state index in [-0.39, 0.29) is 30.1 Å². The SMILES string of the molecule is COC(=O)CCNC(=O)[C@@H]1C[C@H]1c1ccccc1Br. The van der Waals surface area contributed by atoms with Crippen molar-refractivity contribution < 1.29 is 14.3 Å². The molecule has 1 N–H and O–H groups in total. The van der Waals surface area contributed by atoms with Gasteiger partial charge in [0.25, 0.3) is 0 Å². The lowest BCUT2D eigenvalue weighted by Gasteiger charge is -2.05. The van der Waals surface area contributed by atoms with Gasteiger partial charge in [0, 0.05) is 16.9 Å². The van der Waals surface area contributed by atoms with E-state index in [2.05, 4.69) is 26.0 Å². The summed E-state index contributed by atoms with van der Waals surface area (Å²) in [6.45, 7) is 0.338. The highest BCUT2D eigenvalue weighted by Gasteiger charge is 2.44. The molecule has 0 heterocycles. The molecule has 1 aliphatic carbocycles. The van der Waals surface area contributed by atoms with E-state index >= 15 is 0 Å². The molecule has 1 fully saturated rings. The maximum atomic E-state index is 11.9. The summed E-state index contributed by atoms with van der Waals surface area (Å²) in [5.74, 6) is 0.0214. The summed E-state index contributed by atoms with van der Waals surface area (Å²) in [5, 5.41) is 2.77. The number of amides is 1. The Balaban J connectivity index is 1.81. The van der Waals surface area contributed by atoms with Crippen molar-refractivity contribution in [2.45, 2.75) is 18.8 Å². The zero-order valence-corrected chi connectivity index (χ0v) is 12.3. The molecule has 2 rings (SSSR count). The van der Waals surface area contributed by atoms with Crippen LogP contribution >= 0.6 is 15.9 Å². The second-order valence-electron chi connectivity index (χ2n) is 4.59. The van der Waals surface area contributed by atoms with Crippen molar-refractivity contribution in [3.8, 4) is 0 Å². The van der Waals surface area contributed by atoms with Gasteiger partial charge in [0.15, 0.2) is 0 Å². The van der Waals surface area contributed by atoms with Crippen LogP contribution in [0.1, 0.15) is 24.3 Å². The van der Waals surface area contributed by atoms with E-state index < -0.39 is 0 Å². The second-order valence-corrected chi connectivity index (χ2v) is 5.44. The minimum atomic E-state index is -0.307. The van der Waals surface area contributed by atoms with E-state index in [1.54, 1.807) is 0 Å². The summed E-state index contributed by atoms with van der Waals surface area (Å²) in [6, 6.07) is 7.96. The monoisotopic (exact) mass is 325 g/mol. The van der Waals surface area contributed by atoms with E-state index in [9.17, 15) is 9.59 Å². The molecule has 1 aromatic rings. The molecule has 1 saturated carbocycles. The Labute approximate surface area is 120 Å². The van der Waals surface area contributed by atoms with Crippen LogP contribution in [-0.4, -0.2) is 25.5 Å². The Morgan fingerprint density at radius 3 is 2.84 bits per heavy atom. The fourth-order valence-electron chi connectivity index (χ4n) is 2.13. The van der Waals surface area contributed by atoms with E-state index in [4.69, 9.17) is 0 Å². The van der Waals surface area contributed by atoms with E-state index in [1.807, 2.05) is 24.3 Å². The van der Waals surface area contributed by atoms with Gasteiger partial charge in [0.05, 0.1) is 13.5 Å². The van der Waals surface area contributed by atoms with Gasteiger partial charge in [-0.2, -0.15) is 0 Å². The summed E-state index contributed by atoms with van der Waals surface area (Å²) in [6.07, 6.45) is 1.08. The average molecular weight is 326 g/mol. The number of halogens is 1. The first kappa shape index (κ1) is 14.1. The van der Waals surface area contributed by atoms with Gasteiger partial charge in [-0.1, -0.05) is 34.1 Å². The van der Waals surface area contributed by atoms with Crippen molar-refractivity contribution in [2.75, 3.05) is 13.7 Å². The largest absolute Gasteiger partial charge is 0.469 e. The molecule has 19 heavy (non-hydrogen) atoms. The number of esters is 1. The number of benzene rings is 1. The van der Waals surface area contributed by atoms with E-state index in [0.29, 0.717) is 6.54 Å². The zero-order chi connectivity index (χ0) is 13.8. The van der Waals surface area contributed by atoms with Gasteiger partial charge in [-0.15, -0.1) is 0 Å². The van der Waals surface area contributed by atoms with Gasteiger partial charge in [-0.25, -0.2) is 0 Å². The molecule has 0 bridgehead atoms. The van der Waals surface area contributed by atoms with Gasteiger partial charge < -0.3 is 10.1 Å². The maximum absolute atomic E-state index is 11.9. The van der Waals surface area contributed by atoms with Crippen LogP contribution in [0.25, 0.3) is 0 Å². The number of nitrogens with one attached hydrogen (secondary N) is 1. The van der Waals surface area contributed by atoms with Gasteiger partial charge in [-0.05, 0) is 24.0 Å². The zero-order valence-electron chi connectivity index (χ0n) is 10.7. The lowest BCUT2D eigenvalue weighted by atomic mass is 10.1. The van der Waals surface area contributed by atoms with Gasteiger partial charge in [0.1, 0.15) is 0 Å². The van der Waals surface area contributed by atoms with Gasteiger partial charge in [-0.3, -0.25) is 9.59 Å². The highest BCUT2D eigenvalue weighted by molar-refractivity contribution is 9.10. The predicted molar refractivity (Wildman–Crippen MR) is 74.6 cm³/mol. The number of ether oxygens (including phenoxy) is 1. The lowest BCUT2D eigenvalue weighted by molar-refractivity contribution is -0.140. The number of rotatable bonds is 5. The molecule has 1 amide bonds. The van der Waals surface area contributed by atoms with Crippen molar-refractivity contribution in [1.82, 2.24) is 5.32 Å². The molecule has 0 saturated heterocycles. The summed E-state index contributed by atoms with van der Waals surface area (Å²) in [4.78, 5) is 22.8. The maximum Gasteiger partial charge on any atom is 0.307 e. The molecular weight excluding hydrogens is 310 g/mol. The fraction of sp³-hybridized carbons (Fsp3) is 0.429. The van der Waals surface area contributed by atoms with Crippen LogP contribution in [0.4, 0.5) is 0 Å². The van der Waals surface area contributed by atoms with Gasteiger partial charge in [0.2, 0.25) is 5.91 Å². The van der Waals surface area contributed by atoms with Gasteiger partial charge >= 0.3 is 5.97 Å². The molecule has 102 valence electrons. The minimum absolute atomic E-state index is 0.0182. The molecule has 1 aliphatic rings. The highest BCUT2D eigenvalue weighted by Crippen LogP contribution is 2.49. The quantitative estimate of drug-likeness (QED) is 0.844. The molecule has 4 nitrogen and oxygen atoms in total. The van der Waals surface area contributed by atoms with Crippen LogP contribution in [0, 0.1) is 5.92 Å². The Morgan fingerprint density at radius 1 is 1.42 bits per heavy atom. The van der Waals surface area contributed by atoms with E-state index in [0.717, 1.165) is 10.9 Å². The molecule has 5 heteroatoms. The molecule has 2 atom stereocenters. The number of carbonyl (C=O) groups excluding carboxylic acids is 2. The van der Waals surface area contributed by atoms with E-state index in [1.165, 1.54) is 12.7 Å². The van der Waals surface area contributed by atoms with Crippen molar-refractivity contribution in [2.24, 2.45) is 5.92 Å². The molecule has 0 unspecified atom stereocenters. The average Bonchev–Trinajstić information content (AvgIpc) is 3.19. The standard InChI is InChI=1S/C14H16BrNO3/c1-19-13(17)6-7-16-14(18)11-8-10(11)9-4-2-3-5-12(9)15/h2-5,10-11H,6-8H2,1H3,(H,16,18)/t10-,11+/m0/s1. The fourth-order valence-corrected chi connectivity index (χ4v) is 2.70. The van der Waals surface area contributed by atoms with Crippen molar-refractivity contribution in [3.05, 3.63) is 34.3 Å². The summed E-state index contributed by atoms with van der Waals surface area (Å²) in [5.41, 5.74) is 1.18. The van der Waals surface area contributed by atoms with Crippen LogP contribution in [0.3, 0.4) is 0 Å². The Hall–Kier alpha value is -1.36. The molecule has 0 aromatic heterocycles. The first-order valence-electron chi connectivity index (χ1n) is 6.22. The van der Waals surface area contributed by atoms with Crippen LogP contribution in [-0.2, 0) is 14.3 Å². The third kappa shape index (κ3) is 3.56. The highest BCUT2D eigenvalue weighted by atomic mass is 79.9. The lowest BCUT2D eigenvalue weighted by Crippen LogP contribution is -2.28. The van der Waals surface area contributed by atoms with Crippen LogP contribution < -0.4 is 5.32 Å². The number of methoxy groups -OCH3 is 1. The number of carbonyl (C=O) groups is 2. The normalized spacial score (nSPS) is 20.7. The third-order valence-electron chi connectivity index (χ3n) is 3.29. The first-order valence-corrected chi connectivity index (χ1v) is 7.01. The molecule has 0 spiro atoms. The predicted octanol–water partition coefficient (Wildman–Crippen LogP) is 2.23. The Morgan fingerprint density at radius 2 is 2.16 bits per heavy atom. The Bertz CT molecular complexity index is 489. The van der Waals surface area contributed by atoms with Crippen molar-refractivity contribution >= 4 is 27.8 Å². The Kier molecular flexibility index (Phi) is 4.58. The molecule has 1 aromatic carbocycles. The first-order chi connectivity index (χ1) is 9.13. The summed E-state index contributed by atoms with van der Waals surface area (Å²) < 4.78 is 5.56. The smallest absolute Gasteiger partial charge is 0.307 e. The number of hydrogen-bond acceptors (Lipinski definition) is 3. The topological polar surface area (TPSA) is 55.4 Å². The second kappa shape index (κ2) is 6.19. The van der Waals surface area contributed by atoms with Crippen LogP contribution in [0.15, 0.2) is 28.7 Å². The number of hydrogen-bond donors (Lipinski definition) is 1.